The van der Waals surface area contributed by atoms with Crippen LogP contribution in [0.25, 0.3) is 0 Å². The Labute approximate surface area is 152 Å². The lowest BCUT2D eigenvalue weighted by atomic mass is 10.1. The van der Waals surface area contributed by atoms with Crippen LogP contribution in [0.5, 0.6) is 17.2 Å². The molecule has 0 heterocycles. The highest BCUT2D eigenvalue weighted by Crippen LogP contribution is 2.36. The van der Waals surface area contributed by atoms with E-state index in [0.29, 0.717) is 28.0 Å². The number of rotatable bonds is 6. The first kappa shape index (κ1) is 18.9. The van der Waals surface area contributed by atoms with E-state index < -0.39 is 6.10 Å². The number of nitrogens with one attached hydrogen (secondary N) is 1. The minimum atomic E-state index is -0.688. The summed E-state index contributed by atoms with van der Waals surface area (Å²) in [5, 5.41) is 3.19. The number of halogens is 1. The number of anilines is 1. The van der Waals surface area contributed by atoms with E-state index in [4.69, 9.17) is 25.8 Å². The normalized spacial score (nSPS) is 11.6. The van der Waals surface area contributed by atoms with Crippen LogP contribution in [-0.4, -0.2) is 26.2 Å². The molecule has 2 aromatic carbocycles. The molecule has 0 spiro atoms. The summed E-state index contributed by atoms with van der Waals surface area (Å²) in [6, 6.07) is 8.95. The zero-order chi connectivity index (χ0) is 18.6. The molecule has 1 atom stereocenters. The van der Waals surface area contributed by atoms with Gasteiger partial charge < -0.3 is 19.5 Å². The molecular weight excluding hydrogens is 342 g/mol. The van der Waals surface area contributed by atoms with Gasteiger partial charge in [-0.1, -0.05) is 23.7 Å². The van der Waals surface area contributed by atoms with Crippen molar-refractivity contribution in [2.24, 2.45) is 0 Å². The van der Waals surface area contributed by atoms with E-state index in [9.17, 15) is 4.79 Å². The van der Waals surface area contributed by atoms with Crippen LogP contribution < -0.4 is 19.5 Å². The van der Waals surface area contributed by atoms with Gasteiger partial charge in [0.05, 0.1) is 24.9 Å². The molecule has 0 aliphatic rings. The number of methoxy groups -OCH3 is 2. The lowest BCUT2D eigenvalue weighted by Crippen LogP contribution is -2.30. The maximum atomic E-state index is 12.5. The minimum absolute atomic E-state index is 0.302. The lowest BCUT2D eigenvalue weighted by Gasteiger charge is -2.18. The highest BCUT2D eigenvalue weighted by atomic mass is 35.5. The first-order valence-electron chi connectivity index (χ1n) is 7.82. The van der Waals surface area contributed by atoms with Crippen molar-refractivity contribution in [2.45, 2.75) is 26.9 Å². The van der Waals surface area contributed by atoms with Crippen LogP contribution in [0.1, 0.15) is 18.1 Å². The van der Waals surface area contributed by atoms with Crippen LogP contribution in [0, 0.1) is 13.8 Å². The van der Waals surface area contributed by atoms with E-state index in [2.05, 4.69) is 5.32 Å². The summed E-state index contributed by atoms with van der Waals surface area (Å²) in [4.78, 5) is 12.5. The van der Waals surface area contributed by atoms with Gasteiger partial charge in [-0.2, -0.15) is 0 Å². The Morgan fingerprint density at radius 1 is 1.08 bits per heavy atom. The van der Waals surface area contributed by atoms with Crippen LogP contribution in [0.2, 0.25) is 5.02 Å². The van der Waals surface area contributed by atoms with Gasteiger partial charge in [-0.05, 0) is 38.0 Å². The molecule has 0 radical (unpaired) electrons. The maximum Gasteiger partial charge on any atom is 0.265 e. The van der Waals surface area contributed by atoms with Gasteiger partial charge in [0.25, 0.3) is 5.91 Å². The Kier molecular flexibility index (Phi) is 6.15. The largest absolute Gasteiger partial charge is 0.495 e. The second kappa shape index (κ2) is 8.12. The number of carbonyl (C=O) groups is 1. The third kappa shape index (κ3) is 4.37. The molecule has 0 aliphatic heterocycles. The van der Waals surface area contributed by atoms with Gasteiger partial charge in [-0.3, -0.25) is 4.79 Å². The third-order valence-corrected chi connectivity index (χ3v) is 4.26. The van der Waals surface area contributed by atoms with Crippen molar-refractivity contribution in [3.05, 3.63) is 46.5 Å². The number of hydrogen-bond acceptors (Lipinski definition) is 4. The van der Waals surface area contributed by atoms with Gasteiger partial charge in [-0.25, -0.2) is 0 Å². The second-order valence-corrected chi connectivity index (χ2v) is 6.04. The third-order valence-electron chi connectivity index (χ3n) is 3.96. The maximum absolute atomic E-state index is 12.5. The Bertz CT molecular complexity index is 776. The SMILES string of the molecule is COc1cc(NC(=O)C(C)Oc2cccc(C)c2C)c(OC)cc1Cl. The van der Waals surface area contributed by atoms with Crippen molar-refractivity contribution in [1.29, 1.82) is 0 Å². The average Bonchev–Trinajstić information content (AvgIpc) is 2.59. The summed E-state index contributed by atoms with van der Waals surface area (Å²) >= 11 is 6.08. The van der Waals surface area contributed by atoms with Crippen molar-refractivity contribution in [3.63, 3.8) is 0 Å². The predicted octanol–water partition coefficient (Wildman–Crippen LogP) is 4.38. The van der Waals surface area contributed by atoms with Crippen LogP contribution in [0.4, 0.5) is 5.69 Å². The topological polar surface area (TPSA) is 56.8 Å². The molecule has 0 bridgehead atoms. The van der Waals surface area contributed by atoms with E-state index in [1.54, 1.807) is 19.1 Å². The molecule has 134 valence electrons. The number of carbonyl (C=O) groups excluding carboxylic acids is 1. The smallest absolute Gasteiger partial charge is 0.265 e. The minimum Gasteiger partial charge on any atom is -0.495 e. The van der Waals surface area contributed by atoms with E-state index in [1.807, 2.05) is 32.0 Å². The molecule has 1 amide bonds. The molecule has 2 aromatic rings. The van der Waals surface area contributed by atoms with Gasteiger partial charge in [0.2, 0.25) is 0 Å². The Hall–Kier alpha value is -2.40. The van der Waals surface area contributed by atoms with Crippen LogP contribution in [0.15, 0.2) is 30.3 Å². The first-order valence-corrected chi connectivity index (χ1v) is 8.20. The molecule has 0 aromatic heterocycles. The fourth-order valence-corrected chi connectivity index (χ4v) is 2.52. The summed E-state index contributed by atoms with van der Waals surface area (Å²) in [5.41, 5.74) is 2.58. The monoisotopic (exact) mass is 363 g/mol. The molecule has 2 rings (SSSR count). The van der Waals surface area contributed by atoms with Gasteiger partial charge in [0.1, 0.15) is 17.2 Å². The molecule has 0 aliphatic carbocycles. The van der Waals surface area contributed by atoms with Crippen molar-refractivity contribution in [1.82, 2.24) is 0 Å². The highest BCUT2D eigenvalue weighted by molar-refractivity contribution is 6.32. The molecule has 1 N–H and O–H groups in total. The number of aryl methyl sites for hydroxylation is 1. The van der Waals surface area contributed by atoms with Crippen molar-refractivity contribution < 1.29 is 19.0 Å². The summed E-state index contributed by atoms with van der Waals surface area (Å²) in [6.45, 7) is 5.65. The van der Waals surface area contributed by atoms with Crippen molar-refractivity contribution >= 4 is 23.2 Å². The molecule has 0 saturated heterocycles. The summed E-state index contributed by atoms with van der Waals surface area (Å²) in [6.07, 6.45) is -0.688. The average molecular weight is 364 g/mol. The number of ether oxygens (including phenoxy) is 3. The Morgan fingerprint density at radius 2 is 1.76 bits per heavy atom. The molecule has 6 heteroatoms. The van der Waals surface area contributed by atoms with Crippen LogP contribution in [0.3, 0.4) is 0 Å². The number of hydrogen-bond donors (Lipinski definition) is 1. The van der Waals surface area contributed by atoms with E-state index in [1.165, 1.54) is 14.2 Å². The van der Waals surface area contributed by atoms with E-state index in [0.717, 1.165) is 11.1 Å². The fraction of sp³-hybridized carbons (Fsp3) is 0.316. The molecule has 5 nitrogen and oxygen atoms in total. The van der Waals surface area contributed by atoms with Crippen molar-refractivity contribution in [2.75, 3.05) is 19.5 Å². The molecule has 1 unspecified atom stereocenters. The molecule has 25 heavy (non-hydrogen) atoms. The summed E-state index contributed by atoms with van der Waals surface area (Å²) in [5.74, 6) is 1.27. The second-order valence-electron chi connectivity index (χ2n) is 5.63. The van der Waals surface area contributed by atoms with Gasteiger partial charge in [-0.15, -0.1) is 0 Å². The predicted molar refractivity (Wildman–Crippen MR) is 99.2 cm³/mol. The quantitative estimate of drug-likeness (QED) is 0.827. The van der Waals surface area contributed by atoms with Gasteiger partial charge in [0.15, 0.2) is 6.10 Å². The van der Waals surface area contributed by atoms with Crippen molar-refractivity contribution in [3.8, 4) is 17.2 Å². The fourth-order valence-electron chi connectivity index (χ4n) is 2.29. The van der Waals surface area contributed by atoms with E-state index in [-0.39, 0.29) is 5.91 Å². The first-order chi connectivity index (χ1) is 11.9. The number of benzene rings is 2. The number of amides is 1. The Balaban J connectivity index is 2.17. The molecule has 0 fully saturated rings. The standard InChI is InChI=1S/C19H22ClNO4/c1-11-7-6-8-16(12(11)2)25-13(3)19(22)21-15-10-17(23-4)14(20)9-18(15)24-5/h6-10,13H,1-5H3,(H,21,22). The summed E-state index contributed by atoms with van der Waals surface area (Å²) in [7, 11) is 3.01. The zero-order valence-electron chi connectivity index (χ0n) is 15.0. The lowest BCUT2D eigenvalue weighted by molar-refractivity contribution is -0.122. The zero-order valence-corrected chi connectivity index (χ0v) is 15.7. The molecule has 0 saturated carbocycles. The van der Waals surface area contributed by atoms with Gasteiger partial charge >= 0.3 is 0 Å². The summed E-state index contributed by atoms with van der Waals surface area (Å²) < 4.78 is 16.2. The van der Waals surface area contributed by atoms with Gasteiger partial charge in [0, 0.05) is 12.1 Å². The molecular formula is C19H22ClNO4. The van der Waals surface area contributed by atoms with E-state index >= 15 is 0 Å². The highest BCUT2D eigenvalue weighted by Gasteiger charge is 2.19. The van der Waals surface area contributed by atoms with Crippen LogP contribution in [-0.2, 0) is 4.79 Å². The van der Waals surface area contributed by atoms with Crippen LogP contribution >= 0.6 is 11.6 Å². The Morgan fingerprint density at radius 3 is 2.40 bits per heavy atom.